The van der Waals surface area contributed by atoms with Gasteiger partial charge in [0.25, 0.3) is 6.47 Å². The molecule has 0 radical (unpaired) electrons. The predicted octanol–water partition coefficient (Wildman–Crippen LogP) is 1.77. The van der Waals surface area contributed by atoms with E-state index in [1.807, 2.05) is 13.8 Å². The maximum Gasteiger partial charge on any atom is 0.294 e. The third-order valence-electron chi connectivity index (χ3n) is 2.70. The Balaban J connectivity index is 2.50. The summed E-state index contributed by atoms with van der Waals surface area (Å²) in [5, 5.41) is 0. The van der Waals surface area contributed by atoms with E-state index in [-0.39, 0.29) is 0 Å². The largest absolute Gasteiger partial charge is 0.446 e. The molecule has 3 nitrogen and oxygen atoms in total. The van der Waals surface area contributed by atoms with Crippen molar-refractivity contribution in [1.29, 1.82) is 0 Å². The molecule has 0 atom stereocenters. The number of carbonyl (C=O) groups is 1. The van der Waals surface area contributed by atoms with E-state index in [0.29, 0.717) is 6.47 Å². The first-order chi connectivity index (χ1) is 6.17. The molecule has 3 heteroatoms. The van der Waals surface area contributed by atoms with Crippen LogP contribution in [-0.2, 0) is 9.53 Å². The Morgan fingerprint density at radius 2 is 1.69 bits per heavy atom. The van der Waals surface area contributed by atoms with Crippen LogP contribution in [0.25, 0.3) is 0 Å². The Kier molecular flexibility index (Phi) is 3.72. The SMILES string of the molecule is CC(C)(OC=O)N1CCCCCC1. The van der Waals surface area contributed by atoms with E-state index in [1.54, 1.807) is 0 Å². The molecule has 1 heterocycles. The van der Waals surface area contributed by atoms with E-state index >= 15 is 0 Å². The molecule has 0 unspecified atom stereocenters. The minimum absolute atomic E-state index is 0.425. The van der Waals surface area contributed by atoms with E-state index < -0.39 is 5.72 Å². The first kappa shape index (κ1) is 10.5. The van der Waals surface area contributed by atoms with Gasteiger partial charge in [0.15, 0.2) is 5.72 Å². The minimum atomic E-state index is -0.425. The van der Waals surface area contributed by atoms with Gasteiger partial charge in [-0.3, -0.25) is 9.69 Å². The molecule has 76 valence electrons. The molecule has 1 fully saturated rings. The van der Waals surface area contributed by atoms with Crippen LogP contribution in [-0.4, -0.2) is 30.2 Å². The van der Waals surface area contributed by atoms with E-state index in [0.717, 1.165) is 13.1 Å². The van der Waals surface area contributed by atoms with Crippen molar-refractivity contribution >= 4 is 6.47 Å². The summed E-state index contributed by atoms with van der Waals surface area (Å²) in [6, 6.07) is 0. The normalized spacial score (nSPS) is 20.8. The number of ether oxygens (including phenoxy) is 1. The monoisotopic (exact) mass is 185 g/mol. The highest BCUT2D eigenvalue weighted by Crippen LogP contribution is 2.20. The minimum Gasteiger partial charge on any atom is -0.446 e. The summed E-state index contributed by atoms with van der Waals surface area (Å²) in [6.45, 7) is 6.53. The van der Waals surface area contributed by atoms with Gasteiger partial charge in [-0.05, 0) is 26.7 Å². The lowest BCUT2D eigenvalue weighted by Crippen LogP contribution is -2.46. The summed E-state index contributed by atoms with van der Waals surface area (Å²) >= 11 is 0. The maximum atomic E-state index is 10.3. The molecule has 0 aromatic heterocycles. The fourth-order valence-corrected chi connectivity index (χ4v) is 1.80. The molecule has 0 amide bonds. The fraction of sp³-hybridized carbons (Fsp3) is 0.900. The van der Waals surface area contributed by atoms with Crippen LogP contribution in [0, 0.1) is 0 Å². The summed E-state index contributed by atoms with van der Waals surface area (Å²) < 4.78 is 5.07. The zero-order chi connectivity index (χ0) is 9.73. The zero-order valence-electron chi connectivity index (χ0n) is 8.58. The van der Waals surface area contributed by atoms with Gasteiger partial charge in [-0.25, -0.2) is 0 Å². The Morgan fingerprint density at radius 3 is 2.15 bits per heavy atom. The van der Waals surface area contributed by atoms with Crippen LogP contribution in [0.2, 0.25) is 0 Å². The quantitative estimate of drug-likeness (QED) is 0.628. The van der Waals surface area contributed by atoms with Gasteiger partial charge in [-0.1, -0.05) is 12.8 Å². The van der Waals surface area contributed by atoms with Crippen LogP contribution >= 0.6 is 0 Å². The molecule has 1 rings (SSSR count). The summed E-state index contributed by atoms with van der Waals surface area (Å²) in [7, 11) is 0. The molecular weight excluding hydrogens is 166 g/mol. The van der Waals surface area contributed by atoms with Crippen LogP contribution in [0.15, 0.2) is 0 Å². The third-order valence-corrected chi connectivity index (χ3v) is 2.70. The lowest BCUT2D eigenvalue weighted by Gasteiger charge is -2.35. The van der Waals surface area contributed by atoms with Crippen molar-refractivity contribution in [3.63, 3.8) is 0 Å². The maximum absolute atomic E-state index is 10.3. The summed E-state index contributed by atoms with van der Waals surface area (Å²) in [4.78, 5) is 12.5. The molecule has 1 saturated heterocycles. The molecule has 0 aromatic carbocycles. The number of rotatable bonds is 3. The molecule has 0 bridgehead atoms. The van der Waals surface area contributed by atoms with Gasteiger partial charge in [-0.15, -0.1) is 0 Å². The fourth-order valence-electron chi connectivity index (χ4n) is 1.80. The molecule has 0 spiro atoms. The molecule has 0 aliphatic carbocycles. The molecule has 0 saturated carbocycles. The van der Waals surface area contributed by atoms with Crippen LogP contribution in [0.5, 0.6) is 0 Å². The van der Waals surface area contributed by atoms with Crippen molar-refractivity contribution in [2.75, 3.05) is 13.1 Å². The van der Waals surface area contributed by atoms with Crippen LogP contribution in [0.1, 0.15) is 39.5 Å². The summed E-state index contributed by atoms with van der Waals surface area (Å²) in [6.07, 6.45) is 5.03. The van der Waals surface area contributed by atoms with E-state index in [2.05, 4.69) is 4.90 Å². The highest BCUT2D eigenvalue weighted by atomic mass is 16.6. The lowest BCUT2D eigenvalue weighted by molar-refractivity contribution is -0.160. The second kappa shape index (κ2) is 4.61. The number of carbonyl (C=O) groups excluding carboxylic acids is 1. The van der Waals surface area contributed by atoms with E-state index in [4.69, 9.17) is 4.74 Å². The Bertz CT molecular complexity index is 160. The van der Waals surface area contributed by atoms with Crippen LogP contribution in [0.3, 0.4) is 0 Å². The highest BCUT2D eigenvalue weighted by molar-refractivity contribution is 5.38. The van der Waals surface area contributed by atoms with Gasteiger partial charge in [0.1, 0.15) is 0 Å². The van der Waals surface area contributed by atoms with Crippen molar-refractivity contribution in [3.8, 4) is 0 Å². The highest BCUT2D eigenvalue weighted by Gasteiger charge is 2.28. The third kappa shape index (κ3) is 2.99. The average Bonchev–Trinajstić information content (AvgIpc) is 2.31. The van der Waals surface area contributed by atoms with Gasteiger partial charge in [-0.2, -0.15) is 0 Å². The summed E-state index contributed by atoms with van der Waals surface area (Å²) in [5.41, 5.74) is -0.425. The Morgan fingerprint density at radius 1 is 1.15 bits per heavy atom. The van der Waals surface area contributed by atoms with Crippen molar-refractivity contribution in [2.45, 2.75) is 45.3 Å². The van der Waals surface area contributed by atoms with Crippen molar-refractivity contribution in [2.24, 2.45) is 0 Å². The lowest BCUT2D eigenvalue weighted by atomic mass is 10.2. The second-order valence-electron chi connectivity index (χ2n) is 4.06. The molecule has 0 aromatic rings. The molecule has 1 aliphatic rings. The first-order valence-electron chi connectivity index (χ1n) is 5.03. The zero-order valence-corrected chi connectivity index (χ0v) is 8.58. The number of hydrogen-bond donors (Lipinski definition) is 0. The van der Waals surface area contributed by atoms with Gasteiger partial charge in [0, 0.05) is 13.1 Å². The van der Waals surface area contributed by atoms with Crippen molar-refractivity contribution in [3.05, 3.63) is 0 Å². The molecule has 0 N–H and O–H groups in total. The molecule has 1 aliphatic heterocycles. The average molecular weight is 185 g/mol. The predicted molar refractivity (Wildman–Crippen MR) is 51.3 cm³/mol. The number of likely N-dealkylation sites (tertiary alicyclic amines) is 1. The molecular formula is C10H19NO2. The van der Waals surface area contributed by atoms with Crippen molar-refractivity contribution < 1.29 is 9.53 Å². The van der Waals surface area contributed by atoms with Gasteiger partial charge in [0.05, 0.1) is 0 Å². The van der Waals surface area contributed by atoms with E-state index in [1.165, 1.54) is 25.7 Å². The van der Waals surface area contributed by atoms with E-state index in [9.17, 15) is 4.79 Å². The van der Waals surface area contributed by atoms with Crippen LogP contribution < -0.4 is 0 Å². The number of nitrogens with zero attached hydrogens (tertiary/aromatic N) is 1. The molecule has 13 heavy (non-hydrogen) atoms. The standard InChI is InChI=1S/C10H19NO2/c1-10(2,13-9-12)11-7-5-3-4-6-8-11/h9H,3-8H2,1-2H3. The first-order valence-corrected chi connectivity index (χ1v) is 5.03. The topological polar surface area (TPSA) is 29.5 Å². The summed E-state index contributed by atoms with van der Waals surface area (Å²) in [5.74, 6) is 0. The second-order valence-corrected chi connectivity index (χ2v) is 4.06. The van der Waals surface area contributed by atoms with Crippen molar-refractivity contribution in [1.82, 2.24) is 4.90 Å². The Hall–Kier alpha value is -0.570. The van der Waals surface area contributed by atoms with Crippen LogP contribution in [0.4, 0.5) is 0 Å². The van der Waals surface area contributed by atoms with Gasteiger partial charge in [0.2, 0.25) is 0 Å². The van der Waals surface area contributed by atoms with Gasteiger partial charge >= 0.3 is 0 Å². The Labute approximate surface area is 80.1 Å². The van der Waals surface area contributed by atoms with Gasteiger partial charge < -0.3 is 4.74 Å². The smallest absolute Gasteiger partial charge is 0.294 e. The number of hydrogen-bond acceptors (Lipinski definition) is 3.